The van der Waals surface area contributed by atoms with Gasteiger partial charge in [0.25, 0.3) is 0 Å². The molecule has 7 heteroatoms. The normalized spacial score (nSPS) is 21.1. The smallest absolute Gasteiger partial charge is 0.214 e. The van der Waals surface area contributed by atoms with Crippen LogP contribution in [0.3, 0.4) is 0 Å². The van der Waals surface area contributed by atoms with E-state index in [-0.39, 0.29) is 11.8 Å². The largest absolute Gasteiger partial charge is 0.385 e. The van der Waals surface area contributed by atoms with Gasteiger partial charge >= 0.3 is 0 Å². The predicted octanol–water partition coefficient (Wildman–Crippen LogP) is 1.28. The quantitative estimate of drug-likeness (QED) is 0.712. The summed E-state index contributed by atoms with van der Waals surface area (Å²) in [6.07, 6.45) is 6.95. The van der Waals surface area contributed by atoms with Crippen LogP contribution >= 0.6 is 0 Å². The molecule has 1 aliphatic heterocycles. The summed E-state index contributed by atoms with van der Waals surface area (Å²) in [5.74, 6) is 0.211. The Balaban J connectivity index is 1.90. The SMILES string of the molecule is COCCCCS(=O)(=O)N1CCC[C@H](n2cccn2)C1. The zero-order chi connectivity index (χ0) is 14.4. The minimum atomic E-state index is -3.15. The summed E-state index contributed by atoms with van der Waals surface area (Å²) in [5, 5.41) is 4.22. The number of methoxy groups -OCH3 is 1. The number of ether oxygens (including phenoxy) is 1. The van der Waals surface area contributed by atoms with Crippen LogP contribution in [0.1, 0.15) is 31.7 Å². The maximum absolute atomic E-state index is 12.3. The van der Waals surface area contributed by atoms with Crippen molar-refractivity contribution in [2.24, 2.45) is 0 Å². The average Bonchev–Trinajstić information content (AvgIpc) is 2.98. The fraction of sp³-hybridized carbons (Fsp3) is 0.769. The van der Waals surface area contributed by atoms with Crippen LogP contribution in [0.15, 0.2) is 18.5 Å². The monoisotopic (exact) mass is 301 g/mol. The van der Waals surface area contributed by atoms with Gasteiger partial charge in [0.2, 0.25) is 10.0 Å². The van der Waals surface area contributed by atoms with Gasteiger partial charge in [-0.3, -0.25) is 4.68 Å². The highest BCUT2D eigenvalue weighted by Crippen LogP contribution is 2.23. The van der Waals surface area contributed by atoms with E-state index < -0.39 is 10.0 Å². The van der Waals surface area contributed by atoms with Gasteiger partial charge in [0.05, 0.1) is 11.8 Å². The van der Waals surface area contributed by atoms with Crippen LogP contribution in [-0.4, -0.2) is 55.1 Å². The first-order valence-corrected chi connectivity index (χ1v) is 8.70. The molecule has 114 valence electrons. The Morgan fingerprint density at radius 2 is 2.25 bits per heavy atom. The van der Waals surface area contributed by atoms with Crippen molar-refractivity contribution in [3.05, 3.63) is 18.5 Å². The summed E-state index contributed by atoms with van der Waals surface area (Å²) in [6.45, 7) is 1.78. The summed E-state index contributed by atoms with van der Waals surface area (Å²) < 4.78 is 33.1. The van der Waals surface area contributed by atoms with Crippen LogP contribution in [0.5, 0.6) is 0 Å². The van der Waals surface area contributed by atoms with E-state index in [1.807, 2.05) is 16.9 Å². The number of piperidine rings is 1. The highest BCUT2D eigenvalue weighted by Gasteiger charge is 2.29. The number of unbranched alkanes of at least 4 members (excludes halogenated alkanes) is 1. The summed E-state index contributed by atoms with van der Waals surface area (Å²) in [7, 11) is -1.52. The van der Waals surface area contributed by atoms with E-state index in [4.69, 9.17) is 4.74 Å². The molecule has 0 aromatic carbocycles. The van der Waals surface area contributed by atoms with E-state index in [0.717, 1.165) is 19.3 Å². The van der Waals surface area contributed by atoms with Gasteiger partial charge in [0.15, 0.2) is 0 Å². The van der Waals surface area contributed by atoms with Gasteiger partial charge in [0.1, 0.15) is 0 Å². The molecule has 0 bridgehead atoms. The lowest BCUT2D eigenvalue weighted by Crippen LogP contribution is -2.41. The highest BCUT2D eigenvalue weighted by atomic mass is 32.2. The van der Waals surface area contributed by atoms with Crippen LogP contribution < -0.4 is 0 Å². The number of hydrogen-bond acceptors (Lipinski definition) is 4. The number of nitrogens with zero attached hydrogens (tertiary/aromatic N) is 3. The molecule has 0 spiro atoms. The van der Waals surface area contributed by atoms with Crippen molar-refractivity contribution in [1.82, 2.24) is 14.1 Å². The minimum absolute atomic E-state index is 0.160. The fourth-order valence-electron chi connectivity index (χ4n) is 2.55. The van der Waals surface area contributed by atoms with Crippen LogP contribution in [0.2, 0.25) is 0 Å². The van der Waals surface area contributed by atoms with E-state index >= 15 is 0 Å². The number of hydrogen-bond donors (Lipinski definition) is 0. The summed E-state index contributed by atoms with van der Waals surface area (Å²) >= 11 is 0. The summed E-state index contributed by atoms with van der Waals surface area (Å²) in [4.78, 5) is 0. The van der Waals surface area contributed by atoms with Crippen molar-refractivity contribution in [3.63, 3.8) is 0 Å². The third-order valence-corrected chi connectivity index (χ3v) is 5.58. The van der Waals surface area contributed by atoms with Crippen molar-refractivity contribution < 1.29 is 13.2 Å². The average molecular weight is 301 g/mol. The van der Waals surface area contributed by atoms with E-state index in [1.54, 1.807) is 17.6 Å². The Hall–Kier alpha value is -0.920. The van der Waals surface area contributed by atoms with Crippen molar-refractivity contribution in [1.29, 1.82) is 0 Å². The second kappa shape index (κ2) is 7.19. The molecule has 0 saturated carbocycles. The van der Waals surface area contributed by atoms with Gasteiger partial charge in [-0.1, -0.05) is 0 Å². The Labute approximate surface area is 120 Å². The van der Waals surface area contributed by atoms with Gasteiger partial charge in [-0.2, -0.15) is 9.40 Å². The topological polar surface area (TPSA) is 64.4 Å². The van der Waals surface area contributed by atoms with Crippen molar-refractivity contribution >= 4 is 10.0 Å². The first-order chi connectivity index (χ1) is 9.63. The van der Waals surface area contributed by atoms with E-state index in [2.05, 4.69) is 5.10 Å². The molecule has 1 fully saturated rings. The number of sulfonamides is 1. The van der Waals surface area contributed by atoms with Gasteiger partial charge in [-0.15, -0.1) is 0 Å². The van der Waals surface area contributed by atoms with Crippen molar-refractivity contribution in [2.45, 2.75) is 31.7 Å². The first kappa shape index (κ1) is 15.5. The number of aromatic nitrogens is 2. The molecule has 20 heavy (non-hydrogen) atoms. The third-order valence-electron chi connectivity index (χ3n) is 3.65. The van der Waals surface area contributed by atoms with E-state index in [9.17, 15) is 8.42 Å². The maximum Gasteiger partial charge on any atom is 0.214 e. The Morgan fingerprint density at radius 1 is 1.40 bits per heavy atom. The summed E-state index contributed by atoms with van der Waals surface area (Å²) in [6, 6.07) is 2.03. The Kier molecular flexibility index (Phi) is 5.56. The van der Waals surface area contributed by atoms with Crippen LogP contribution in [0.25, 0.3) is 0 Å². The molecule has 1 aliphatic rings. The highest BCUT2D eigenvalue weighted by molar-refractivity contribution is 7.89. The van der Waals surface area contributed by atoms with Gasteiger partial charge in [-0.25, -0.2) is 8.42 Å². The summed E-state index contributed by atoms with van der Waals surface area (Å²) in [5.41, 5.74) is 0. The molecule has 1 aromatic heterocycles. The maximum atomic E-state index is 12.3. The zero-order valence-electron chi connectivity index (χ0n) is 11.9. The Morgan fingerprint density at radius 3 is 2.95 bits per heavy atom. The first-order valence-electron chi connectivity index (χ1n) is 7.09. The minimum Gasteiger partial charge on any atom is -0.385 e. The van der Waals surface area contributed by atoms with E-state index in [1.165, 1.54) is 0 Å². The van der Waals surface area contributed by atoms with Crippen LogP contribution in [0, 0.1) is 0 Å². The third kappa shape index (κ3) is 4.04. The van der Waals surface area contributed by atoms with Crippen LogP contribution in [0.4, 0.5) is 0 Å². The molecular weight excluding hydrogens is 278 g/mol. The lowest BCUT2D eigenvalue weighted by molar-refractivity contribution is 0.194. The molecule has 0 unspecified atom stereocenters. The van der Waals surface area contributed by atoms with Crippen molar-refractivity contribution in [2.75, 3.05) is 32.6 Å². The van der Waals surface area contributed by atoms with Crippen molar-refractivity contribution in [3.8, 4) is 0 Å². The molecule has 2 rings (SSSR count). The van der Waals surface area contributed by atoms with Gasteiger partial charge in [0, 0.05) is 39.2 Å². The lowest BCUT2D eigenvalue weighted by atomic mass is 10.1. The molecule has 0 amide bonds. The molecule has 1 atom stereocenters. The zero-order valence-corrected chi connectivity index (χ0v) is 12.8. The second-order valence-electron chi connectivity index (χ2n) is 5.16. The lowest BCUT2D eigenvalue weighted by Gasteiger charge is -2.32. The molecule has 1 saturated heterocycles. The van der Waals surface area contributed by atoms with E-state index in [0.29, 0.717) is 26.1 Å². The van der Waals surface area contributed by atoms with Gasteiger partial charge < -0.3 is 4.74 Å². The molecule has 0 aliphatic carbocycles. The molecule has 0 N–H and O–H groups in total. The standard InChI is InChI=1S/C13H23N3O3S/c1-19-10-2-3-11-20(17,18)15-8-4-6-13(12-15)16-9-5-7-14-16/h5,7,9,13H,2-4,6,8,10-12H2,1H3/t13-/m0/s1. The predicted molar refractivity (Wildman–Crippen MR) is 77.0 cm³/mol. The molecule has 0 radical (unpaired) electrons. The molecule has 1 aromatic rings. The second-order valence-corrected chi connectivity index (χ2v) is 7.24. The fourth-order valence-corrected chi connectivity index (χ4v) is 4.18. The number of rotatable bonds is 7. The van der Waals surface area contributed by atoms with Crippen LogP contribution in [-0.2, 0) is 14.8 Å². The molecular formula is C13H23N3O3S. The van der Waals surface area contributed by atoms with Gasteiger partial charge in [-0.05, 0) is 31.7 Å². The molecule has 6 nitrogen and oxygen atoms in total. The molecule has 2 heterocycles. The Bertz CT molecular complexity index is 487.